The fraction of sp³-hybridized carbons (Fsp3) is 0.708. The van der Waals surface area contributed by atoms with E-state index in [0.717, 1.165) is 45.8 Å². The molecule has 0 radical (unpaired) electrons. The van der Waals surface area contributed by atoms with E-state index in [9.17, 15) is 4.79 Å². The largest absolute Gasteiger partial charge is 0.444 e. The number of hydrogen-bond donors (Lipinski definition) is 0. The summed E-state index contributed by atoms with van der Waals surface area (Å²) in [6.45, 7) is 16.1. The molecule has 2 saturated heterocycles. The zero-order valence-electron chi connectivity index (χ0n) is 19.3. The average Bonchev–Trinajstić information content (AvgIpc) is 2.69. The number of benzene rings is 1. The van der Waals surface area contributed by atoms with E-state index >= 15 is 0 Å². The van der Waals surface area contributed by atoms with Crippen LogP contribution in [0, 0.1) is 0 Å². The van der Waals surface area contributed by atoms with Crippen molar-refractivity contribution in [2.24, 2.45) is 0 Å². The Hall–Kier alpha value is -1.63. The van der Waals surface area contributed by atoms with Crippen molar-refractivity contribution < 1.29 is 14.3 Å². The molecular weight excluding hydrogens is 378 g/mol. The number of amides is 1. The van der Waals surface area contributed by atoms with E-state index in [2.05, 4.69) is 54.0 Å². The van der Waals surface area contributed by atoms with Crippen molar-refractivity contribution in [1.82, 2.24) is 14.7 Å². The Morgan fingerprint density at radius 1 is 1.13 bits per heavy atom. The second-order valence-corrected chi connectivity index (χ2v) is 9.68. The van der Waals surface area contributed by atoms with Gasteiger partial charge in [-0.15, -0.1) is 0 Å². The van der Waals surface area contributed by atoms with Crippen molar-refractivity contribution in [1.29, 1.82) is 0 Å². The molecule has 1 aromatic carbocycles. The van der Waals surface area contributed by atoms with Gasteiger partial charge in [0.15, 0.2) is 0 Å². The number of rotatable bonds is 5. The van der Waals surface area contributed by atoms with Crippen LogP contribution in [0.25, 0.3) is 0 Å². The first-order valence-corrected chi connectivity index (χ1v) is 11.4. The second kappa shape index (κ2) is 10.1. The van der Waals surface area contributed by atoms with Gasteiger partial charge >= 0.3 is 6.09 Å². The van der Waals surface area contributed by atoms with Gasteiger partial charge in [0.2, 0.25) is 0 Å². The van der Waals surface area contributed by atoms with E-state index in [4.69, 9.17) is 9.47 Å². The molecule has 3 atom stereocenters. The van der Waals surface area contributed by atoms with E-state index in [0.29, 0.717) is 12.6 Å². The lowest BCUT2D eigenvalue weighted by Gasteiger charge is -2.48. The molecule has 2 fully saturated rings. The van der Waals surface area contributed by atoms with Gasteiger partial charge in [0.1, 0.15) is 5.60 Å². The minimum Gasteiger partial charge on any atom is -0.444 e. The average molecular weight is 418 g/mol. The molecule has 1 amide bonds. The molecule has 2 aliphatic heterocycles. The number of carbonyl (C=O) groups is 1. The molecule has 6 nitrogen and oxygen atoms in total. The molecular formula is C24H39N3O3. The smallest absolute Gasteiger partial charge is 0.410 e. The lowest BCUT2D eigenvalue weighted by Crippen LogP contribution is -2.63. The third-order valence-electron chi connectivity index (χ3n) is 6.08. The van der Waals surface area contributed by atoms with Gasteiger partial charge in [-0.05, 0) is 39.7 Å². The van der Waals surface area contributed by atoms with Crippen molar-refractivity contribution in [2.45, 2.75) is 71.3 Å². The molecule has 0 unspecified atom stereocenters. The number of piperazine rings is 1. The Labute approximate surface area is 182 Å². The molecule has 6 heteroatoms. The van der Waals surface area contributed by atoms with E-state index < -0.39 is 5.60 Å². The molecule has 30 heavy (non-hydrogen) atoms. The monoisotopic (exact) mass is 417 g/mol. The lowest BCUT2D eigenvalue weighted by atomic mass is 10.0. The normalized spacial score (nSPS) is 26.6. The van der Waals surface area contributed by atoms with Gasteiger partial charge in [0.05, 0.1) is 13.2 Å². The Balaban J connectivity index is 1.76. The van der Waals surface area contributed by atoms with Gasteiger partial charge in [0, 0.05) is 50.8 Å². The second-order valence-electron chi connectivity index (χ2n) is 9.68. The number of morpholine rings is 1. The number of nitrogens with zero attached hydrogens (tertiary/aromatic N) is 3. The fourth-order valence-electron chi connectivity index (χ4n) is 4.45. The molecule has 0 spiro atoms. The summed E-state index contributed by atoms with van der Waals surface area (Å²) < 4.78 is 11.4. The maximum Gasteiger partial charge on any atom is 0.410 e. The summed E-state index contributed by atoms with van der Waals surface area (Å²) in [7, 11) is 0. The summed E-state index contributed by atoms with van der Waals surface area (Å²) in [4.78, 5) is 19.9. The zero-order valence-corrected chi connectivity index (χ0v) is 19.3. The fourth-order valence-corrected chi connectivity index (χ4v) is 4.45. The van der Waals surface area contributed by atoms with Crippen molar-refractivity contribution in [3.8, 4) is 0 Å². The molecule has 168 valence electrons. The predicted molar refractivity (Wildman–Crippen MR) is 120 cm³/mol. The van der Waals surface area contributed by atoms with Crippen LogP contribution in [-0.2, 0) is 16.0 Å². The van der Waals surface area contributed by atoms with E-state index in [1.165, 1.54) is 5.56 Å². The number of hydrogen-bond acceptors (Lipinski definition) is 5. The van der Waals surface area contributed by atoms with Crippen LogP contribution in [0.3, 0.4) is 0 Å². The molecule has 0 aromatic heterocycles. The van der Waals surface area contributed by atoms with Crippen LogP contribution in [-0.4, -0.2) is 83.9 Å². The third-order valence-corrected chi connectivity index (χ3v) is 6.08. The first kappa shape index (κ1) is 23.0. The summed E-state index contributed by atoms with van der Waals surface area (Å²) in [5.41, 5.74) is 0.833. The highest BCUT2D eigenvalue weighted by Crippen LogP contribution is 2.23. The first-order chi connectivity index (χ1) is 14.3. The number of ether oxygens (including phenoxy) is 2. The molecule has 3 rings (SSSR count). The summed E-state index contributed by atoms with van der Waals surface area (Å²) in [6.07, 6.45) is 0.880. The molecule has 0 saturated carbocycles. The van der Waals surface area contributed by atoms with Gasteiger partial charge in [-0.1, -0.05) is 37.3 Å². The van der Waals surface area contributed by atoms with Crippen molar-refractivity contribution >= 4 is 6.09 Å². The summed E-state index contributed by atoms with van der Waals surface area (Å²) >= 11 is 0. The van der Waals surface area contributed by atoms with Crippen LogP contribution in [0.4, 0.5) is 4.79 Å². The van der Waals surface area contributed by atoms with Crippen LogP contribution < -0.4 is 0 Å². The topological polar surface area (TPSA) is 45.3 Å². The summed E-state index contributed by atoms with van der Waals surface area (Å²) in [5, 5.41) is 0. The Morgan fingerprint density at radius 3 is 2.53 bits per heavy atom. The molecule has 0 aliphatic carbocycles. The van der Waals surface area contributed by atoms with Gasteiger partial charge < -0.3 is 14.4 Å². The van der Waals surface area contributed by atoms with E-state index in [-0.39, 0.29) is 18.2 Å². The van der Waals surface area contributed by atoms with E-state index in [1.807, 2.05) is 25.7 Å². The maximum absolute atomic E-state index is 12.9. The molecule has 1 aromatic rings. The number of carbonyl (C=O) groups excluding carboxylic acids is 1. The highest BCUT2D eigenvalue weighted by atomic mass is 16.6. The van der Waals surface area contributed by atoms with Crippen molar-refractivity contribution in [3.05, 3.63) is 35.9 Å². The predicted octanol–water partition coefficient (Wildman–Crippen LogP) is 3.61. The van der Waals surface area contributed by atoms with Crippen LogP contribution in [0.15, 0.2) is 30.3 Å². The quantitative estimate of drug-likeness (QED) is 0.732. The minimum atomic E-state index is -0.481. The molecule has 0 N–H and O–H groups in total. The Bertz CT molecular complexity index is 676. The minimum absolute atomic E-state index is 0.117. The van der Waals surface area contributed by atoms with Gasteiger partial charge in [-0.25, -0.2) is 4.79 Å². The lowest BCUT2D eigenvalue weighted by molar-refractivity contribution is -0.0463. The summed E-state index contributed by atoms with van der Waals surface area (Å²) in [6, 6.07) is 11.5. The van der Waals surface area contributed by atoms with Crippen molar-refractivity contribution in [3.63, 3.8) is 0 Å². The highest BCUT2D eigenvalue weighted by molar-refractivity contribution is 5.68. The third kappa shape index (κ3) is 6.19. The van der Waals surface area contributed by atoms with Gasteiger partial charge in [-0.2, -0.15) is 0 Å². The van der Waals surface area contributed by atoms with Crippen LogP contribution in [0.1, 0.15) is 46.6 Å². The highest BCUT2D eigenvalue weighted by Gasteiger charge is 2.38. The van der Waals surface area contributed by atoms with Crippen LogP contribution >= 0.6 is 0 Å². The van der Waals surface area contributed by atoms with Crippen LogP contribution in [0.5, 0.6) is 0 Å². The van der Waals surface area contributed by atoms with Gasteiger partial charge in [-0.3, -0.25) is 9.80 Å². The molecule has 2 heterocycles. The first-order valence-electron chi connectivity index (χ1n) is 11.4. The zero-order chi connectivity index (χ0) is 21.7. The van der Waals surface area contributed by atoms with Crippen molar-refractivity contribution in [2.75, 3.05) is 39.4 Å². The maximum atomic E-state index is 12.9. The molecule has 2 aliphatic rings. The Morgan fingerprint density at radius 2 is 1.87 bits per heavy atom. The molecule has 0 bridgehead atoms. The van der Waals surface area contributed by atoms with Gasteiger partial charge in [0.25, 0.3) is 0 Å². The van der Waals surface area contributed by atoms with Crippen LogP contribution in [0.2, 0.25) is 0 Å². The van der Waals surface area contributed by atoms with E-state index in [1.54, 1.807) is 0 Å². The standard InChI is InChI=1S/C24H39N3O3/c1-6-21-18-29-13-12-25(21)16-22-17-27(23(28)30-24(3,4)5)19(2)14-26(22)15-20-10-8-7-9-11-20/h7-11,19,21-22H,6,12-18H2,1-5H3/t19-,21-,22+/m1/s1. The summed E-state index contributed by atoms with van der Waals surface area (Å²) in [5.74, 6) is 0. The Kier molecular flexibility index (Phi) is 7.77. The SMILES string of the molecule is CC[C@@H]1COCCN1C[C@H]1CN(C(=O)OC(C)(C)C)[C@H](C)CN1Cc1ccccc1.